The van der Waals surface area contributed by atoms with Crippen molar-refractivity contribution in [3.8, 4) is 0 Å². The van der Waals surface area contributed by atoms with Crippen LogP contribution in [0.4, 0.5) is 0 Å². The van der Waals surface area contributed by atoms with Crippen LogP contribution in [0.25, 0.3) is 0 Å². The fourth-order valence-corrected chi connectivity index (χ4v) is 3.34. The van der Waals surface area contributed by atoms with Gasteiger partial charge in [0, 0.05) is 31.7 Å². The van der Waals surface area contributed by atoms with Gasteiger partial charge in [0.2, 0.25) is 10.0 Å². The molecule has 11 heteroatoms. The van der Waals surface area contributed by atoms with E-state index in [0.717, 1.165) is 10.5 Å². The molecular formula is C20H21N3O7S-2. The molecule has 0 unspecified atom stereocenters. The summed E-state index contributed by atoms with van der Waals surface area (Å²) in [6, 6.07) is 12.3. The van der Waals surface area contributed by atoms with Crippen LogP contribution in [-0.4, -0.2) is 50.8 Å². The van der Waals surface area contributed by atoms with E-state index in [1.54, 1.807) is 36.4 Å². The number of carboxylic acids is 2. The van der Waals surface area contributed by atoms with Gasteiger partial charge < -0.3 is 25.1 Å². The van der Waals surface area contributed by atoms with Crippen LogP contribution in [0.5, 0.6) is 0 Å². The number of nitrogens with zero attached hydrogens (tertiary/aromatic N) is 1. The third-order valence-electron chi connectivity index (χ3n) is 4.28. The molecule has 0 bridgehead atoms. The van der Waals surface area contributed by atoms with E-state index < -0.39 is 35.1 Å². The second-order valence-electron chi connectivity index (χ2n) is 6.78. The Morgan fingerprint density at radius 2 is 1.39 bits per heavy atom. The molecule has 0 radical (unpaired) electrons. The summed E-state index contributed by atoms with van der Waals surface area (Å²) < 4.78 is 22.5. The van der Waals surface area contributed by atoms with Crippen molar-refractivity contribution in [1.82, 2.24) is 10.2 Å². The summed E-state index contributed by atoms with van der Waals surface area (Å²) in [6.07, 6.45) is 0.482. The molecule has 0 heterocycles. The van der Waals surface area contributed by atoms with Crippen LogP contribution in [0.3, 0.4) is 0 Å². The Morgan fingerprint density at radius 3 is 1.87 bits per heavy atom. The molecule has 0 aliphatic heterocycles. The molecule has 0 saturated carbocycles. The zero-order chi connectivity index (χ0) is 23.0. The maximum atomic E-state index is 12.3. The molecule has 2 aromatic rings. The number of carbonyl (C=O) groups is 3. The highest BCUT2D eigenvalue weighted by molar-refractivity contribution is 7.89. The van der Waals surface area contributed by atoms with Gasteiger partial charge in [-0.1, -0.05) is 24.3 Å². The first kappa shape index (κ1) is 24.0. The predicted octanol–water partition coefficient (Wildman–Crippen LogP) is -2.39. The van der Waals surface area contributed by atoms with Crippen molar-refractivity contribution in [2.75, 3.05) is 19.6 Å². The molecular weight excluding hydrogens is 426 g/mol. The lowest BCUT2D eigenvalue weighted by atomic mass is 10.1. The number of nitrogens with two attached hydrogens (primary N) is 1. The van der Waals surface area contributed by atoms with Gasteiger partial charge in [-0.25, -0.2) is 13.6 Å². The predicted molar refractivity (Wildman–Crippen MR) is 106 cm³/mol. The highest BCUT2D eigenvalue weighted by atomic mass is 32.2. The van der Waals surface area contributed by atoms with E-state index in [4.69, 9.17) is 5.14 Å². The Bertz CT molecular complexity index is 1020. The van der Waals surface area contributed by atoms with E-state index in [1.165, 1.54) is 12.1 Å². The molecule has 166 valence electrons. The lowest BCUT2D eigenvalue weighted by molar-refractivity contribution is -0.310. The quantitative estimate of drug-likeness (QED) is 0.384. The van der Waals surface area contributed by atoms with Gasteiger partial charge in [0.05, 0.1) is 16.8 Å². The molecule has 3 N–H and O–H groups in total. The molecule has 0 aliphatic carbocycles. The van der Waals surface area contributed by atoms with E-state index in [-0.39, 0.29) is 17.3 Å². The van der Waals surface area contributed by atoms with E-state index >= 15 is 0 Å². The Labute approximate surface area is 179 Å². The maximum absolute atomic E-state index is 12.3. The fourth-order valence-electron chi connectivity index (χ4n) is 2.82. The summed E-state index contributed by atoms with van der Waals surface area (Å²) in [5.41, 5.74) is 1.82. The minimum atomic E-state index is -3.75. The number of carbonyl (C=O) groups excluding carboxylic acids is 3. The largest absolute Gasteiger partial charge is 0.549 e. The lowest BCUT2D eigenvalue weighted by Gasteiger charge is -2.23. The first-order valence-corrected chi connectivity index (χ1v) is 10.7. The van der Waals surface area contributed by atoms with Crippen molar-refractivity contribution in [2.24, 2.45) is 5.14 Å². The number of nitrogens with one attached hydrogen (secondary N) is 1. The number of amides is 1. The summed E-state index contributed by atoms with van der Waals surface area (Å²) in [6.45, 7) is -0.762. The van der Waals surface area contributed by atoms with Gasteiger partial charge in [-0.05, 0) is 41.8 Å². The van der Waals surface area contributed by atoms with Crippen molar-refractivity contribution in [3.05, 3.63) is 65.2 Å². The number of hydrogen-bond acceptors (Lipinski definition) is 8. The number of benzene rings is 2. The molecule has 0 aromatic heterocycles. The molecule has 31 heavy (non-hydrogen) atoms. The average Bonchev–Trinajstić information content (AvgIpc) is 2.67. The second kappa shape index (κ2) is 10.7. The number of primary sulfonamides is 1. The van der Waals surface area contributed by atoms with Crippen molar-refractivity contribution in [2.45, 2.75) is 17.9 Å². The number of hydrogen-bond donors (Lipinski definition) is 2. The zero-order valence-corrected chi connectivity index (χ0v) is 17.3. The Hall–Kier alpha value is -3.28. The van der Waals surface area contributed by atoms with Crippen molar-refractivity contribution in [1.29, 1.82) is 0 Å². The molecule has 0 fully saturated rings. The fraction of sp³-hybridized carbons (Fsp3) is 0.250. The number of carboxylic acid groups (broad SMARTS) is 2. The van der Waals surface area contributed by atoms with Gasteiger partial charge in [-0.3, -0.25) is 9.69 Å². The second-order valence-corrected chi connectivity index (χ2v) is 8.34. The zero-order valence-electron chi connectivity index (χ0n) is 16.4. The van der Waals surface area contributed by atoms with Gasteiger partial charge in [0.1, 0.15) is 0 Å². The van der Waals surface area contributed by atoms with Crippen molar-refractivity contribution >= 4 is 27.9 Å². The summed E-state index contributed by atoms with van der Waals surface area (Å²) >= 11 is 0. The van der Waals surface area contributed by atoms with Gasteiger partial charge in [0.15, 0.2) is 0 Å². The topological polar surface area (TPSA) is 173 Å². The van der Waals surface area contributed by atoms with Gasteiger partial charge in [-0.15, -0.1) is 0 Å². The molecule has 0 atom stereocenters. The summed E-state index contributed by atoms with van der Waals surface area (Å²) in [5, 5.41) is 29.3. The molecule has 0 spiro atoms. The van der Waals surface area contributed by atoms with Crippen LogP contribution < -0.4 is 20.7 Å². The minimum Gasteiger partial charge on any atom is -0.549 e. The van der Waals surface area contributed by atoms with E-state index in [0.29, 0.717) is 24.1 Å². The molecule has 2 rings (SSSR count). The maximum Gasteiger partial charge on any atom is 0.251 e. The number of rotatable bonds is 11. The van der Waals surface area contributed by atoms with E-state index in [9.17, 15) is 33.0 Å². The van der Waals surface area contributed by atoms with Crippen LogP contribution in [0, 0.1) is 0 Å². The first-order chi connectivity index (χ1) is 14.5. The van der Waals surface area contributed by atoms with Crippen molar-refractivity contribution < 1.29 is 33.0 Å². The van der Waals surface area contributed by atoms with Gasteiger partial charge in [-0.2, -0.15) is 0 Å². The van der Waals surface area contributed by atoms with Gasteiger partial charge >= 0.3 is 0 Å². The summed E-state index contributed by atoms with van der Waals surface area (Å²) in [5.74, 6) is -3.14. The monoisotopic (exact) mass is 447 g/mol. The Kier molecular flexibility index (Phi) is 8.25. The smallest absolute Gasteiger partial charge is 0.251 e. The minimum absolute atomic E-state index is 0.0122. The molecule has 1 amide bonds. The molecule has 2 aromatic carbocycles. The molecule has 10 nitrogen and oxygen atoms in total. The van der Waals surface area contributed by atoms with Crippen LogP contribution in [0.2, 0.25) is 0 Å². The van der Waals surface area contributed by atoms with Crippen molar-refractivity contribution in [3.63, 3.8) is 0 Å². The average molecular weight is 447 g/mol. The Morgan fingerprint density at radius 1 is 0.871 bits per heavy atom. The SMILES string of the molecule is NS(=O)(=O)c1ccc(CCNC(=O)c2ccc(CN(CC(=O)[O-])CC(=O)[O-])cc2)cc1. The Balaban J connectivity index is 1.88. The number of sulfonamides is 1. The van der Waals surface area contributed by atoms with Crippen LogP contribution in [-0.2, 0) is 32.6 Å². The highest BCUT2D eigenvalue weighted by Crippen LogP contribution is 2.10. The highest BCUT2D eigenvalue weighted by Gasteiger charge is 2.10. The lowest BCUT2D eigenvalue weighted by Crippen LogP contribution is -2.43. The first-order valence-electron chi connectivity index (χ1n) is 9.15. The third kappa shape index (κ3) is 8.16. The van der Waals surface area contributed by atoms with E-state index in [2.05, 4.69) is 5.32 Å². The van der Waals surface area contributed by atoms with Gasteiger partial charge in [0.25, 0.3) is 5.91 Å². The summed E-state index contributed by atoms with van der Waals surface area (Å²) in [7, 11) is -3.75. The van der Waals surface area contributed by atoms with E-state index in [1.807, 2.05) is 0 Å². The third-order valence-corrected chi connectivity index (χ3v) is 5.21. The van der Waals surface area contributed by atoms with Crippen LogP contribution in [0.15, 0.2) is 53.4 Å². The standard InChI is InChI=1S/C20H23N3O7S/c21-31(29,30)17-7-3-14(4-8-17)9-10-22-20(28)16-5-1-15(2-6-16)11-23(12-18(24)25)13-19(26)27/h1-8H,9-13H2,(H,22,28)(H,24,25)(H,26,27)(H2,21,29,30)/p-2. The number of aliphatic carboxylic acids is 2. The van der Waals surface area contributed by atoms with Crippen LogP contribution >= 0.6 is 0 Å². The molecule has 0 saturated heterocycles. The molecule has 0 aliphatic rings. The normalized spacial score (nSPS) is 11.3. The van der Waals surface area contributed by atoms with Crippen LogP contribution in [0.1, 0.15) is 21.5 Å². The summed E-state index contributed by atoms with van der Waals surface area (Å²) in [4.78, 5) is 34.9.